The van der Waals surface area contributed by atoms with Gasteiger partial charge in [0, 0.05) is 12.6 Å². The van der Waals surface area contributed by atoms with Gasteiger partial charge in [0.1, 0.15) is 0 Å². The van der Waals surface area contributed by atoms with E-state index in [1.54, 1.807) is 0 Å². The second-order valence-electron chi connectivity index (χ2n) is 3.09. The molecular formula is C6H14N2O3S. The predicted molar refractivity (Wildman–Crippen MR) is 44.8 cm³/mol. The third-order valence-corrected chi connectivity index (χ3v) is 2.66. The van der Waals surface area contributed by atoms with Crippen LogP contribution in [0.1, 0.15) is 19.8 Å². The van der Waals surface area contributed by atoms with Crippen LogP contribution in [0.4, 0.5) is 0 Å². The van der Waals surface area contributed by atoms with Crippen molar-refractivity contribution in [3.8, 4) is 0 Å². The Balaban J connectivity index is 2.27. The summed E-state index contributed by atoms with van der Waals surface area (Å²) in [7, 11) is -3.37. The smallest absolute Gasteiger partial charge is 0.277 e. The number of hydrogen-bond acceptors (Lipinski definition) is 3. The molecule has 3 N–H and O–H groups in total. The fourth-order valence-electron chi connectivity index (χ4n) is 0.693. The van der Waals surface area contributed by atoms with Crippen LogP contribution >= 0.6 is 0 Å². The largest absolute Gasteiger partial charge is 0.392 e. The zero-order valence-corrected chi connectivity index (χ0v) is 7.76. The molecule has 12 heavy (non-hydrogen) atoms. The van der Waals surface area contributed by atoms with Crippen molar-refractivity contribution in [3.63, 3.8) is 0 Å². The van der Waals surface area contributed by atoms with Crippen LogP contribution in [0.3, 0.4) is 0 Å². The lowest BCUT2D eigenvalue weighted by atomic mass is 10.4. The lowest BCUT2D eigenvalue weighted by molar-refractivity contribution is 0.198. The Hall–Kier alpha value is -0.170. The summed E-state index contributed by atoms with van der Waals surface area (Å²) in [5.74, 6) is 0. The molecule has 6 heteroatoms. The summed E-state index contributed by atoms with van der Waals surface area (Å²) in [5, 5.41) is 8.81. The van der Waals surface area contributed by atoms with Crippen LogP contribution in [-0.4, -0.2) is 32.2 Å². The molecule has 1 unspecified atom stereocenters. The molecule has 0 aromatic rings. The maximum absolute atomic E-state index is 11.1. The fourth-order valence-corrected chi connectivity index (χ4v) is 1.91. The third kappa shape index (κ3) is 4.01. The quantitative estimate of drug-likeness (QED) is 0.523. The molecule has 0 aromatic carbocycles. The Kier molecular flexibility index (Phi) is 3.05. The van der Waals surface area contributed by atoms with Gasteiger partial charge in [-0.1, -0.05) is 0 Å². The van der Waals surface area contributed by atoms with Gasteiger partial charge in [0.05, 0.1) is 6.10 Å². The van der Waals surface area contributed by atoms with Crippen LogP contribution in [0.5, 0.6) is 0 Å². The molecule has 0 spiro atoms. The van der Waals surface area contributed by atoms with Gasteiger partial charge in [0.25, 0.3) is 10.2 Å². The van der Waals surface area contributed by atoms with E-state index in [0.717, 1.165) is 12.8 Å². The van der Waals surface area contributed by atoms with Gasteiger partial charge in [-0.15, -0.1) is 0 Å². The Bertz CT molecular complexity index is 233. The molecule has 72 valence electrons. The topological polar surface area (TPSA) is 78.4 Å². The monoisotopic (exact) mass is 194 g/mol. The number of nitrogens with one attached hydrogen (secondary N) is 2. The van der Waals surface area contributed by atoms with Crippen LogP contribution < -0.4 is 9.44 Å². The molecule has 0 heterocycles. The minimum Gasteiger partial charge on any atom is -0.392 e. The van der Waals surface area contributed by atoms with Gasteiger partial charge in [-0.05, 0) is 19.8 Å². The molecule has 0 aliphatic heterocycles. The van der Waals surface area contributed by atoms with Gasteiger partial charge >= 0.3 is 0 Å². The summed E-state index contributed by atoms with van der Waals surface area (Å²) in [5.41, 5.74) is 0. The van der Waals surface area contributed by atoms with E-state index in [1.165, 1.54) is 6.92 Å². The maximum Gasteiger partial charge on any atom is 0.277 e. The Morgan fingerprint density at radius 1 is 1.58 bits per heavy atom. The average Bonchev–Trinajstić information content (AvgIpc) is 2.67. The summed E-state index contributed by atoms with van der Waals surface area (Å²) in [6.45, 7) is 1.59. The Morgan fingerprint density at radius 2 is 2.17 bits per heavy atom. The summed E-state index contributed by atoms with van der Waals surface area (Å²) in [6, 6.07) is 0.108. The van der Waals surface area contributed by atoms with Gasteiger partial charge in [-0.25, -0.2) is 0 Å². The van der Waals surface area contributed by atoms with E-state index in [9.17, 15) is 8.42 Å². The zero-order valence-electron chi connectivity index (χ0n) is 6.95. The van der Waals surface area contributed by atoms with E-state index < -0.39 is 16.3 Å². The lowest BCUT2D eigenvalue weighted by Gasteiger charge is -2.08. The molecule has 0 saturated heterocycles. The Morgan fingerprint density at radius 3 is 2.58 bits per heavy atom. The highest BCUT2D eigenvalue weighted by Gasteiger charge is 2.26. The zero-order chi connectivity index (χ0) is 9.19. The predicted octanol–water partition coefficient (Wildman–Crippen LogP) is -1.05. The number of aliphatic hydroxyl groups is 1. The first-order valence-corrected chi connectivity index (χ1v) is 5.43. The van der Waals surface area contributed by atoms with Crippen molar-refractivity contribution >= 4 is 10.2 Å². The van der Waals surface area contributed by atoms with Crippen molar-refractivity contribution in [2.75, 3.05) is 6.54 Å². The second-order valence-corrected chi connectivity index (χ2v) is 4.62. The van der Waals surface area contributed by atoms with Crippen molar-refractivity contribution in [2.24, 2.45) is 0 Å². The van der Waals surface area contributed by atoms with Crippen LogP contribution in [-0.2, 0) is 10.2 Å². The third-order valence-electron chi connectivity index (χ3n) is 1.47. The standard InChI is InChI=1S/C6H14N2O3S/c1-5(9)4-7-12(10,11)8-6-2-3-6/h5-9H,2-4H2,1H3. The molecule has 1 fully saturated rings. The van der Waals surface area contributed by atoms with E-state index in [1.807, 2.05) is 0 Å². The van der Waals surface area contributed by atoms with Crippen molar-refractivity contribution < 1.29 is 13.5 Å². The molecule has 0 radical (unpaired) electrons. The van der Waals surface area contributed by atoms with E-state index in [2.05, 4.69) is 9.44 Å². The number of aliphatic hydroxyl groups excluding tert-OH is 1. The average molecular weight is 194 g/mol. The van der Waals surface area contributed by atoms with Crippen LogP contribution in [0.2, 0.25) is 0 Å². The first-order valence-electron chi connectivity index (χ1n) is 3.94. The van der Waals surface area contributed by atoms with Crippen LogP contribution in [0.15, 0.2) is 0 Å². The SMILES string of the molecule is CC(O)CNS(=O)(=O)NC1CC1. The molecule has 5 nitrogen and oxygen atoms in total. The molecule has 1 aliphatic carbocycles. The molecule has 0 amide bonds. The van der Waals surface area contributed by atoms with Crippen molar-refractivity contribution in [1.82, 2.24) is 9.44 Å². The summed E-state index contributed by atoms with van der Waals surface area (Å²) < 4.78 is 26.8. The minimum atomic E-state index is -3.37. The highest BCUT2D eigenvalue weighted by atomic mass is 32.2. The first-order chi connectivity index (χ1) is 5.49. The van der Waals surface area contributed by atoms with Gasteiger partial charge in [0.2, 0.25) is 0 Å². The van der Waals surface area contributed by atoms with Crippen LogP contribution in [0.25, 0.3) is 0 Å². The molecule has 0 bridgehead atoms. The van der Waals surface area contributed by atoms with Crippen LogP contribution in [0, 0.1) is 0 Å². The molecule has 1 atom stereocenters. The molecule has 0 aromatic heterocycles. The lowest BCUT2D eigenvalue weighted by Crippen LogP contribution is -2.40. The molecule has 1 aliphatic rings. The van der Waals surface area contributed by atoms with E-state index in [-0.39, 0.29) is 12.6 Å². The van der Waals surface area contributed by atoms with Crippen molar-refractivity contribution in [2.45, 2.75) is 31.9 Å². The molecular weight excluding hydrogens is 180 g/mol. The molecule has 1 rings (SSSR count). The van der Waals surface area contributed by atoms with Crippen molar-refractivity contribution in [1.29, 1.82) is 0 Å². The minimum absolute atomic E-state index is 0.0576. The van der Waals surface area contributed by atoms with Gasteiger partial charge in [-0.2, -0.15) is 17.9 Å². The summed E-state index contributed by atoms with van der Waals surface area (Å²) in [4.78, 5) is 0. The summed E-state index contributed by atoms with van der Waals surface area (Å²) in [6.07, 6.45) is 1.17. The normalized spacial score (nSPS) is 20.8. The van der Waals surface area contributed by atoms with Gasteiger partial charge < -0.3 is 5.11 Å². The Labute approximate surface area is 72.3 Å². The van der Waals surface area contributed by atoms with Gasteiger partial charge in [-0.3, -0.25) is 0 Å². The van der Waals surface area contributed by atoms with E-state index >= 15 is 0 Å². The van der Waals surface area contributed by atoms with E-state index in [0.29, 0.717) is 0 Å². The second kappa shape index (κ2) is 3.69. The number of rotatable bonds is 5. The first kappa shape index (κ1) is 9.91. The highest BCUT2D eigenvalue weighted by molar-refractivity contribution is 7.87. The van der Waals surface area contributed by atoms with Gasteiger partial charge in [0.15, 0.2) is 0 Å². The maximum atomic E-state index is 11.1. The van der Waals surface area contributed by atoms with Crippen molar-refractivity contribution in [3.05, 3.63) is 0 Å². The fraction of sp³-hybridized carbons (Fsp3) is 1.00. The van der Waals surface area contributed by atoms with E-state index in [4.69, 9.17) is 5.11 Å². The summed E-state index contributed by atoms with van der Waals surface area (Å²) >= 11 is 0. The highest BCUT2D eigenvalue weighted by Crippen LogP contribution is 2.19. The molecule has 1 saturated carbocycles. The number of hydrogen-bond donors (Lipinski definition) is 3.